The first-order chi connectivity index (χ1) is 9.33. The molecule has 1 aromatic heterocycles. The summed E-state index contributed by atoms with van der Waals surface area (Å²) in [6.45, 7) is 1.43. The third kappa shape index (κ3) is 3.99. The average Bonchev–Trinajstić information content (AvgIpc) is 2.45. The Kier molecular flexibility index (Phi) is 5.27. The predicted molar refractivity (Wildman–Crippen MR) is 75.9 cm³/mol. The minimum atomic E-state index is 0.156. The maximum absolute atomic E-state index is 8.99. The largest absolute Gasteiger partial charge is 0.396 e. The third-order valence-corrected chi connectivity index (χ3v) is 3.07. The van der Waals surface area contributed by atoms with Gasteiger partial charge in [-0.05, 0) is 18.6 Å². The topological polar surface area (TPSA) is 54.4 Å². The number of ether oxygens (including phenoxy) is 1. The van der Waals surface area contributed by atoms with Gasteiger partial charge in [0.1, 0.15) is 0 Å². The summed E-state index contributed by atoms with van der Waals surface area (Å²) in [5.74, 6) is 0. The first-order valence-electron chi connectivity index (χ1n) is 6.51. The van der Waals surface area contributed by atoms with Crippen LogP contribution >= 0.6 is 0 Å². The van der Waals surface area contributed by atoms with Gasteiger partial charge in [0.25, 0.3) is 0 Å². The van der Waals surface area contributed by atoms with Crippen LogP contribution in [0, 0.1) is 0 Å². The average molecular weight is 260 g/mol. The van der Waals surface area contributed by atoms with Crippen molar-refractivity contribution in [3.05, 3.63) is 42.1 Å². The van der Waals surface area contributed by atoms with Gasteiger partial charge in [0.05, 0.1) is 17.8 Å². The minimum Gasteiger partial charge on any atom is -0.396 e. The first kappa shape index (κ1) is 13.9. The lowest BCUT2D eigenvalue weighted by atomic mass is 10.2. The molecule has 102 valence electrons. The fraction of sp³-hybridized carbons (Fsp3) is 0.400. The summed E-state index contributed by atoms with van der Waals surface area (Å²) in [5.41, 5.74) is 2.00. The van der Waals surface area contributed by atoms with Gasteiger partial charge < -0.3 is 15.2 Å². The van der Waals surface area contributed by atoms with Gasteiger partial charge >= 0.3 is 0 Å². The summed E-state index contributed by atoms with van der Waals surface area (Å²) >= 11 is 0. The molecule has 2 aromatic rings. The van der Waals surface area contributed by atoms with Crippen LogP contribution < -0.4 is 5.32 Å². The smallest absolute Gasteiger partial charge is 0.0705 e. The van der Waals surface area contributed by atoms with E-state index >= 15 is 0 Å². The molecular weight excluding hydrogens is 240 g/mol. The molecule has 4 nitrogen and oxygen atoms in total. The third-order valence-electron chi connectivity index (χ3n) is 3.07. The Hall–Kier alpha value is -1.49. The van der Waals surface area contributed by atoms with E-state index in [1.807, 2.05) is 24.3 Å². The predicted octanol–water partition coefficient (Wildman–Crippen LogP) is 1.72. The molecule has 0 bridgehead atoms. The quantitative estimate of drug-likeness (QED) is 0.796. The number of benzene rings is 1. The lowest BCUT2D eigenvalue weighted by molar-refractivity contribution is 0.148. The van der Waals surface area contributed by atoms with Crippen LogP contribution in [0.3, 0.4) is 0 Å². The standard InChI is InChI=1S/C15H20N2O2/c1-19-11-14(8-9-18)16-10-13-7-6-12-4-2-3-5-15(12)17-13/h2-7,14,16,18H,8-11H2,1H3. The number of hydrogen-bond donors (Lipinski definition) is 2. The number of nitrogens with one attached hydrogen (secondary N) is 1. The van der Waals surface area contributed by atoms with Gasteiger partial charge in [0.15, 0.2) is 0 Å². The van der Waals surface area contributed by atoms with Crippen LogP contribution in [-0.2, 0) is 11.3 Å². The molecule has 0 aliphatic rings. The van der Waals surface area contributed by atoms with Gasteiger partial charge in [-0.15, -0.1) is 0 Å². The lowest BCUT2D eigenvalue weighted by Gasteiger charge is -2.16. The highest BCUT2D eigenvalue weighted by Crippen LogP contribution is 2.11. The van der Waals surface area contributed by atoms with Crippen molar-refractivity contribution < 1.29 is 9.84 Å². The Balaban J connectivity index is 2.00. The van der Waals surface area contributed by atoms with Crippen LogP contribution in [0.25, 0.3) is 10.9 Å². The van der Waals surface area contributed by atoms with E-state index in [0.717, 1.165) is 16.6 Å². The van der Waals surface area contributed by atoms with E-state index in [1.54, 1.807) is 7.11 Å². The number of nitrogens with zero attached hydrogens (tertiary/aromatic N) is 1. The summed E-state index contributed by atoms with van der Waals surface area (Å²) < 4.78 is 5.12. The Morgan fingerprint density at radius 3 is 2.89 bits per heavy atom. The molecule has 2 rings (SSSR count). The van der Waals surface area contributed by atoms with Gasteiger partial charge in [-0.2, -0.15) is 0 Å². The highest BCUT2D eigenvalue weighted by molar-refractivity contribution is 5.78. The Bertz CT molecular complexity index is 510. The second kappa shape index (κ2) is 7.19. The van der Waals surface area contributed by atoms with Gasteiger partial charge in [-0.1, -0.05) is 24.3 Å². The molecule has 0 aliphatic heterocycles. The summed E-state index contributed by atoms with van der Waals surface area (Å²) in [6, 6.07) is 12.3. The van der Waals surface area contributed by atoms with E-state index in [-0.39, 0.29) is 12.6 Å². The molecule has 0 amide bonds. The van der Waals surface area contributed by atoms with Gasteiger partial charge in [0.2, 0.25) is 0 Å². The van der Waals surface area contributed by atoms with Crippen molar-refractivity contribution >= 4 is 10.9 Å². The molecule has 1 unspecified atom stereocenters. The number of rotatable bonds is 7. The highest BCUT2D eigenvalue weighted by atomic mass is 16.5. The van der Waals surface area contributed by atoms with Crippen molar-refractivity contribution in [3.63, 3.8) is 0 Å². The van der Waals surface area contributed by atoms with E-state index in [9.17, 15) is 0 Å². The molecule has 0 radical (unpaired) electrons. The van der Waals surface area contributed by atoms with Gasteiger partial charge in [-0.25, -0.2) is 0 Å². The molecular formula is C15H20N2O2. The van der Waals surface area contributed by atoms with Crippen LogP contribution in [0.15, 0.2) is 36.4 Å². The van der Waals surface area contributed by atoms with Crippen molar-refractivity contribution in [1.29, 1.82) is 0 Å². The monoisotopic (exact) mass is 260 g/mol. The zero-order valence-electron chi connectivity index (χ0n) is 11.2. The number of pyridine rings is 1. The fourth-order valence-corrected chi connectivity index (χ4v) is 2.06. The maximum atomic E-state index is 8.99. The molecule has 19 heavy (non-hydrogen) atoms. The Morgan fingerprint density at radius 2 is 2.11 bits per heavy atom. The molecule has 1 aromatic carbocycles. The number of methoxy groups -OCH3 is 1. The van der Waals surface area contributed by atoms with E-state index in [1.165, 1.54) is 0 Å². The maximum Gasteiger partial charge on any atom is 0.0705 e. The van der Waals surface area contributed by atoms with Crippen molar-refractivity contribution in [2.24, 2.45) is 0 Å². The zero-order chi connectivity index (χ0) is 13.5. The summed E-state index contributed by atoms with van der Waals surface area (Å²) in [6.07, 6.45) is 0.682. The number of aliphatic hydroxyl groups excluding tert-OH is 1. The fourth-order valence-electron chi connectivity index (χ4n) is 2.06. The van der Waals surface area contributed by atoms with Crippen LogP contribution in [-0.4, -0.2) is 36.5 Å². The molecule has 2 N–H and O–H groups in total. The highest BCUT2D eigenvalue weighted by Gasteiger charge is 2.07. The Labute approximate surface area is 113 Å². The van der Waals surface area contributed by atoms with Crippen molar-refractivity contribution in [2.75, 3.05) is 20.3 Å². The van der Waals surface area contributed by atoms with Crippen LogP contribution in [0.5, 0.6) is 0 Å². The SMILES string of the molecule is COCC(CCO)NCc1ccc2ccccc2n1. The summed E-state index contributed by atoms with van der Waals surface area (Å²) in [5, 5.41) is 13.5. The number of para-hydroxylation sites is 1. The molecule has 0 aliphatic carbocycles. The Morgan fingerprint density at radius 1 is 1.26 bits per heavy atom. The van der Waals surface area contributed by atoms with E-state index in [0.29, 0.717) is 19.6 Å². The second-order valence-corrected chi connectivity index (χ2v) is 4.54. The molecule has 0 saturated heterocycles. The number of hydrogen-bond acceptors (Lipinski definition) is 4. The van der Waals surface area contributed by atoms with Crippen LogP contribution in [0.1, 0.15) is 12.1 Å². The molecule has 1 atom stereocenters. The van der Waals surface area contributed by atoms with Gasteiger partial charge in [0, 0.05) is 31.7 Å². The van der Waals surface area contributed by atoms with Crippen LogP contribution in [0.4, 0.5) is 0 Å². The van der Waals surface area contributed by atoms with Gasteiger partial charge in [-0.3, -0.25) is 4.98 Å². The number of fused-ring (bicyclic) bond motifs is 1. The zero-order valence-corrected chi connectivity index (χ0v) is 11.2. The summed E-state index contributed by atoms with van der Waals surface area (Å²) in [7, 11) is 1.67. The molecule has 0 spiro atoms. The molecule has 1 heterocycles. The summed E-state index contributed by atoms with van der Waals surface area (Å²) in [4.78, 5) is 4.60. The lowest BCUT2D eigenvalue weighted by Crippen LogP contribution is -2.33. The molecule has 4 heteroatoms. The van der Waals surface area contributed by atoms with Crippen molar-refractivity contribution in [1.82, 2.24) is 10.3 Å². The van der Waals surface area contributed by atoms with E-state index < -0.39 is 0 Å². The number of aliphatic hydroxyl groups is 1. The second-order valence-electron chi connectivity index (χ2n) is 4.54. The van der Waals surface area contributed by atoms with E-state index in [4.69, 9.17) is 9.84 Å². The van der Waals surface area contributed by atoms with Crippen LogP contribution in [0.2, 0.25) is 0 Å². The minimum absolute atomic E-state index is 0.156. The molecule has 0 fully saturated rings. The van der Waals surface area contributed by atoms with Crippen molar-refractivity contribution in [2.45, 2.75) is 19.0 Å². The molecule has 0 saturated carbocycles. The number of aromatic nitrogens is 1. The normalized spacial score (nSPS) is 12.7. The first-order valence-corrected chi connectivity index (χ1v) is 6.51. The van der Waals surface area contributed by atoms with Crippen molar-refractivity contribution in [3.8, 4) is 0 Å². The van der Waals surface area contributed by atoms with E-state index in [2.05, 4.69) is 22.4 Å².